The monoisotopic (exact) mass is 326 g/mol. The Hall–Kier alpha value is -2.04. The van der Waals surface area contributed by atoms with Gasteiger partial charge >= 0.3 is 0 Å². The highest BCUT2D eigenvalue weighted by atomic mass is 19.1. The molecule has 4 N–H and O–H groups in total. The molecule has 0 spiro atoms. The van der Waals surface area contributed by atoms with Gasteiger partial charge in [0.2, 0.25) is 5.95 Å². The lowest BCUT2D eigenvalue weighted by molar-refractivity contribution is -0.0566. The molecule has 4 unspecified atom stereocenters. The molecular weight excluding hydrogens is 307 g/mol. The van der Waals surface area contributed by atoms with Crippen LogP contribution >= 0.6 is 0 Å². The van der Waals surface area contributed by atoms with Gasteiger partial charge in [0.15, 0.2) is 28.9 Å². The second-order valence-corrected chi connectivity index (χ2v) is 5.53. The van der Waals surface area contributed by atoms with Gasteiger partial charge in [-0.15, -0.1) is 0 Å². The highest BCUT2D eigenvalue weighted by Crippen LogP contribution is 2.42. The van der Waals surface area contributed by atoms with Crippen molar-refractivity contribution in [1.29, 1.82) is 0 Å². The van der Waals surface area contributed by atoms with Gasteiger partial charge < -0.3 is 25.6 Å². The van der Waals surface area contributed by atoms with E-state index in [2.05, 4.69) is 25.6 Å². The van der Waals surface area contributed by atoms with E-state index in [0.29, 0.717) is 22.9 Å². The SMILES string of the molecule is CNc1nc(NC)c2ncn(C3OC(CO)C(O)C3(C)F)c2n1. The molecule has 9 nitrogen and oxygen atoms in total. The molecule has 4 atom stereocenters. The van der Waals surface area contributed by atoms with Crippen molar-refractivity contribution in [1.82, 2.24) is 19.5 Å². The summed E-state index contributed by atoms with van der Waals surface area (Å²) >= 11 is 0. The Bertz CT molecular complexity index is 721. The molecule has 0 amide bonds. The van der Waals surface area contributed by atoms with E-state index >= 15 is 0 Å². The number of hydrogen-bond donors (Lipinski definition) is 4. The van der Waals surface area contributed by atoms with Crippen molar-refractivity contribution in [3.05, 3.63) is 6.33 Å². The number of fused-ring (bicyclic) bond motifs is 1. The van der Waals surface area contributed by atoms with Crippen LogP contribution in [0.15, 0.2) is 6.33 Å². The minimum Gasteiger partial charge on any atom is -0.394 e. The van der Waals surface area contributed by atoms with Crippen molar-refractivity contribution < 1.29 is 19.3 Å². The lowest BCUT2D eigenvalue weighted by Gasteiger charge is -2.24. The fourth-order valence-corrected chi connectivity index (χ4v) is 2.74. The minimum atomic E-state index is -2.11. The van der Waals surface area contributed by atoms with Crippen LogP contribution in [0.5, 0.6) is 0 Å². The lowest BCUT2D eigenvalue weighted by atomic mass is 9.98. The summed E-state index contributed by atoms with van der Waals surface area (Å²) in [5.41, 5.74) is -1.30. The smallest absolute Gasteiger partial charge is 0.226 e. The van der Waals surface area contributed by atoms with Crippen LogP contribution in [0.3, 0.4) is 0 Å². The second-order valence-electron chi connectivity index (χ2n) is 5.53. The third-order valence-corrected chi connectivity index (χ3v) is 4.03. The molecule has 1 aliphatic heterocycles. The Morgan fingerprint density at radius 3 is 2.70 bits per heavy atom. The highest BCUT2D eigenvalue weighted by Gasteiger charge is 2.55. The van der Waals surface area contributed by atoms with Crippen LogP contribution in [-0.2, 0) is 4.74 Å². The molecular formula is C13H19FN6O3. The average molecular weight is 326 g/mol. The quantitative estimate of drug-likeness (QED) is 0.615. The number of aliphatic hydroxyl groups is 2. The van der Waals surface area contributed by atoms with E-state index in [1.54, 1.807) is 14.1 Å². The maximum atomic E-state index is 15.0. The summed E-state index contributed by atoms with van der Waals surface area (Å²) in [7, 11) is 3.36. The number of ether oxygens (including phenoxy) is 1. The fraction of sp³-hybridized carbons (Fsp3) is 0.615. The molecule has 0 bridgehead atoms. The van der Waals surface area contributed by atoms with Gasteiger partial charge in [0, 0.05) is 14.1 Å². The van der Waals surface area contributed by atoms with Crippen molar-refractivity contribution in [3.8, 4) is 0 Å². The number of anilines is 2. The Balaban J connectivity index is 2.13. The van der Waals surface area contributed by atoms with E-state index in [0.717, 1.165) is 0 Å². The summed E-state index contributed by atoms with van der Waals surface area (Å²) in [5.74, 6) is 0.817. The molecule has 0 saturated carbocycles. The zero-order valence-corrected chi connectivity index (χ0v) is 13.0. The van der Waals surface area contributed by atoms with Crippen LogP contribution < -0.4 is 10.6 Å². The topological polar surface area (TPSA) is 117 Å². The van der Waals surface area contributed by atoms with Crippen molar-refractivity contribution in [2.75, 3.05) is 31.3 Å². The van der Waals surface area contributed by atoms with Gasteiger partial charge in [0.05, 0.1) is 12.9 Å². The number of halogens is 1. The van der Waals surface area contributed by atoms with E-state index < -0.39 is 30.7 Å². The van der Waals surface area contributed by atoms with Crippen molar-refractivity contribution in [3.63, 3.8) is 0 Å². The van der Waals surface area contributed by atoms with Crippen LogP contribution in [0.1, 0.15) is 13.2 Å². The molecule has 0 radical (unpaired) electrons. The first-order valence-electron chi connectivity index (χ1n) is 7.17. The summed E-state index contributed by atoms with van der Waals surface area (Å²) in [6.45, 7) is 0.741. The summed E-state index contributed by atoms with van der Waals surface area (Å²) in [4.78, 5) is 12.7. The van der Waals surface area contributed by atoms with Crippen molar-refractivity contribution in [2.45, 2.75) is 31.0 Å². The van der Waals surface area contributed by atoms with Gasteiger partial charge in [-0.05, 0) is 6.92 Å². The molecule has 2 aromatic heterocycles. The Kier molecular flexibility index (Phi) is 3.82. The number of hydrogen-bond acceptors (Lipinski definition) is 8. The summed E-state index contributed by atoms with van der Waals surface area (Å²) < 4.78 is 21.8. The number of rotatable bonds is 4. The number of nitrogens with zero attached hydrogens (tertiary/aromatic N) is 4. The minimum absolute atomic E-state index is 0.335. The van der Waals surface area contributed by atoms with Crippen LogP contribution in [0.25, 0.3) is 11.2 Å². The van der Waals surface area contributed by atoms with Crippen LogP contribution in [-0.4, -0.2) is 68.3 Å². The van der Waals surface area contributed by atoms with Crippen LogP contribution in [0.4, 0.5) is 16.2 Å². The second kappa shape index (κ2) is 5.55. The van der Waals surface area contributed by atoms with Crippen molar-refractivity contribution in [2.24, 2.45) is 0 Å². The Morgan fingerprint density at radius 1 is 1.39 bits per heavy atom. The van der Waals surface area contributed by atoms with Gasteiger partial charge in [-0.2, -0.15) is 9.97 Å². The van der Waals surface area contributed by atoms with Gasteiger partial charge in [-0.25, -0.2) is 9.37 Å². The molecule has 126 valence electrons. The number of imidazole rings is 1. The number of nitrogens with one attached hydrogen (secondary N) is 2. The summed E-state index contributed by atoms with van der Waals surface area (Å²) in [6, 6.07) is 0. The highest BCUT2D eigenvalue weighted by molar-refractivity contribution is 5.84. The van der Waals surface area contributed by atoms with E-state index in [1.807, 2.05) is 0 Å². The molecule has 0 aromatic carbocycles. The number of aliphatic hydroxyl groups excluding tert-OH is 2. The molecule has 3 rings (SSSR count). The Labute approximate surface area is 131 Å². The number of alkyl halides is 1. The first kappa shape index (κ1) is 15.8. The largest absolute Gasteiger partial charge is 0.394 e. The fourth-order valence-electron chi connectivity index (χ4n) is 2.74. The summed E-state index contributed by atoms with van der Waals surface area (Å²) in [6.07, 6.45) is -2.25. The van der Waals surface area contributed by atoms with Gasteiger partial charge in [-0.3, -0.25) is 4.57 Å². The Morgan fingerprint density at radius 2 is 2.13 bits per heavy atom. The average Bonchev–Trinajstić information content (AvgIpc) is 3.06. The molecule has 10 heteroatoms. The molecule has 1 fully saturated rings. The van der Waals surface area contributed by atoms with E-state index in [4.69, 9.17) is 4.74 Å². The third-order valence-electron chi connectivity index (χ3n) is 4.03. The number of aromatic nitrogens is 4. The predicted molar refractivity (Wildman–Crippen MR) is 80.9 cm³/mol. The van der Waals surface area contributed by atoms with E-state index in [1.165, 1.54) is 17.8 Å². The zero-order valence-electron chi connectivity index (χ0n) is 13.0. The third kappa shape index (κ3) is 2.30. The lowest BCUT2D eigenvalue weighted by Crippen LogP contribution is -2.40. The zero-order chi connectivity index (χ0) is 16.8. The first-order valence-corrected chi connectivity index (χ1v) is 7.17. The molecule has 23 heavy (non-hydrogen) atoms. The maximum Gasteiger partial charge on any atom is 0.226 e. The van der Waals surface area contributed by atoms with Crippen molar-refractivity contribution >= 4 is 22.9 Å². The normalized spacial score (nSPS) is 30.8. The molecule has 3 heterocycles. The molecule has 1 aliphatic rings. The van der Waals surface area contributed by atoms with Gasteiger partial charge in [0.25, 0.3) is 0 Å². The maximum absolute atomic E-state index is 15.0. The van der Waals surface area contributed by atoms with Gasteiger partial charge in [0.1, 0.15) is 12.2 Å². The molecule has 2 aromatic rings. The first-order chi connectivity index (χ1) is 10.9. The van der Waals surface area contributed by atoms with E-state index in [9.17, 15) is 14.6 Å². The van der Waals surface area contributed by atoms with Crippen LogP contribution in [0, 0.1) is 0 Å². The predicted octanol–water partition coefficient (Wildman–Crippen LogP) is -0.112. The van der Waals surface area contributed by atoms with E-state index in [-0.39, 0.29) is 0 Å². The standard InChI is InChI=1S/C13H19FN6O3/c1-13(14)8(22)6(4-21)23-11(13)20-5-17-7-9(15-2)18-12(16-3)19-10(7)20/h5-6,8,11,21-22H,4H2,1-3H3,(H2,15,16,18,19). The molecule has 0 aliphatic carbocycles. The van der Waals surface area contributed by atoms with Crippen LogP contribution in [0.2, 0.25) is 0 Å². The molecule has 1 saturated heterocycles. The summed E-state index contributed by atoms with van der Waals surface area (Å²) in [5, 5.41) is 25.0. The van der Waals surface area contributed by atoms with Gasteiger partial charge in [-0.1, -0.05) is 0 Å².